The van der Waals surface area contributed by atoms with Crippen molar-refractivity contribution in [2.24, 2.45) is 0 Å². The molecule has 0 heterocycles. The molecule has 21 heavy (non-hydrogen) atoms. The molecule has 0 aliphatic rings. The van der Waals surface area contributed by atoms with Crippen molar-refractivity contribution in [2.75, 3.05) is 10.6 Å². The number of benzene rings is 2. The number of nitro benzene ring substituents is 1. The Hall–Kier alpha value is -2.47. The first-order valence-corrected chi connectivity index (χ1v) is 6.77. The van der Waals surface area contributed by atoms with E-state index >= 15 is 0 Å². The fraction of sp³-hybridized carbons (Fsp3) is 0.133. The standard InChI is InChI=1S/C15H15N3O2S/c1-10-7-8-13(14(9-10)18(19)20)17-15(21)16-12-6-4-3-5-11(12)2/h3-9H,1-2H3,(H2,16,17,21). The van der Waals surface area contributed by atoms with Gasteiger partial charge in [-0.15, -0.1) is 0 Å². The van der Waals surface area contributed by atoms with E-state index in [1.165, 1.54) is 6.07 Å². The zero-order valence-electron chi connectivity index (χ0n) is 11.7. The maximum absolute atomic E-state index is 11.1. The molecule has 0 aliphatic heterocycles. The van der Waals surface area contributed by atoms with Crippen LogP contribution in [-0.2, 0) is 0 Å². The monoisotopic (exact) mass is 301 g/mol. The third kappa shape index (κ3) is 3.76. The number of thiocarbonyl (C=S) groups is 1. The number of nitro groups is 1. The highest BCUT2D eigenvalue weighted by atomic mass is 32.1. The van der Waals surface area contributed by atoms with E-state index in [-0.39, 0.29) is 5.69 Å². The number of hydrogen-bond acceptors (Lipinski definition) is 3. The molecule has 108 valence electrons. The normalized spacial score (nSPS) is 10.0. The molecule has 2 aromatic carbocycles. The van der Waals surface area contributed by atoms with Gasteiger partial charge in [0.1, 0.15) is 5.69 Å². The average Bonchev–Trinajstić information content (AvgIpc) is 2.43. The van der Waals surface area contributed by atoms with Crippen molar-refractivity contribution in [3.8, 4) is 0 Å². The third-order valence-electron chi connectivity index (χ3n) is 2.99. The maximum Gasteiger partial charge on any atom is 0.292 e. The number of para-hydroxylation sites is 1. The van der Waals surface area contributed by atoms with Gasteiger partial charge in [-0.2, -0.15) is 0 Å². The molecule has 0 aromatic heterocycles. The molecule has 0 fully saturated rings. The Bertz CT molecular complexity index is 701. The second kappa shape index (κ2) is 6.32. The largest absolute Gasteiger partial charge is 0.332 e. The molecule has 0 radical (unpaired) electrons. The molecule has 5 nitrogen and oxygen atoms in total. The zero-order valence-corrected chi connectivity index (χ0v) is 12.5. The maximum atomic E-state index is 11.1. The van der Waals surface area contributed by atoms with E-state index in [0.717, 1.165) is 16.8 Å². The fourth-order valence-corrected chi connectivity index (χ4v) is 2.11. The Morgan fingerprint density at radius 3 is 2.43 bits per heavy atom. The summed E-state index contributed by atoms with van der Waals surface area (Å²) in [5.74, 6) is 0. The van der Waals surface area contributed by atoms with Gasteiger partial charge in [0, 0.05) is 11.8 Å². The summed E-state index contributed by atoms with van der Waals surface area (Å²) in [5, 5.41) is 17.3. The molecule has 0 unspecified atom stereocenters. The lowest BCUT2D eigenvalue weighted by atomic mass is 10.2. The van der Waals surface area contributed by atoms with Gasteiger partial charge in [0.25, 0.3) is 5.69 Å². The molecule has 0 atom stereocenters. The van der Waals surface area contributed by atoms with Crippen molar-refractivity contribution in [3.63, 3.8) is 0 Å². The van der Waals surface area contributed by atoms with Crippen LogP contribution >= 0.6 is 12.2 Å². The van der Waals surface area contributed by atoms with E-state index in [1.807, 2.05) is 31.2 Å². The van der Waals surface area contributed by atoms with Gasteiger partial charge in [-0.05, 0) is 49.3 Å². The first kappa shape index (κ1) is 14.9. The summed E-state index contributed by atoms with van der Waals surface area (Å²) in [7, 11) is 0. The summed E-state index contributed by atoms with van der Waals surface area (Å²) in [6.07, 6.45) is 0. The summed E-state index contributed by atoms with van der Waals surface area (Å²) >= 11 is 5.21. The van der Waals surface area contributed by atoms with Crippen LogP contribution in [0.15, 0.2) is 42.5 Å². The van der Waals surface area contributed by atoms with Gasteiger partial charge in [-0.1, -0.05) is 24.3 Å². The molecular weight excluding hydrogens is 286 g/mol. The highest BCUT2D eigenvalue weighted by Gasteiger charge is 2.14. The Morgan fingerprint density at radius 1 is 1.10 bits per heavy atom. The molecule has 2 rings (SSSR count). The van der Waals surface area contributed by atoms with Crippen LogP contribution in [0.25, 0.3) is 0 Å². The van der Waals surface area contributed by atoms with Crippen molar-refractivity contribution < 1.29 is 4.92 Å². The highest BCUT2D eigenvalue weighted by Crippen LogP contribution is 2.25. The van der Waals surface area contributed by atoms with E-state index in [4.69, 9.17) is 12.2 Å². The molecule has 0 spiro atoms. The van der Waals surface area contributed by atoms with Crippen LogP contribution in [0.5, 0.6) is 0 Å². The number of aryl methyl sites for hydroxylation is 2. The summed E-state index contributed by atoms with van der Waals surface area (Å²) in [6.45, 7) is 3.76. The molecule has 0 saturated carbocycles. The number of rotatable bonds is 3. The summed E-state index contributed by atoms with van der Waals surface area (Å²) in [5.41, 5.74) is 3.11. The highest BCUT2D eigenvalue weighted by molar-refractivity contribution is 7.80. The van der Waals surface area contributed by atoms with E-state index in [2.05, 4.69) is 10.6 Å². The van der Waals surface area contributed by atoms with Gasteiger partial charge in [0.15, 0.2) is 5.11 Å². The van der Waals surface area contributed by atoms with Crippen molar-refractivity contribution in [3.05, 3.63) is 63.7 Å². The quantitative estimate of drug-likeness (QED) is 0.509. The SMILES string of the molecule is Cc1ccc(NC(=S)Nc2ccccc2C)c([N+](=O)[O-])c1. The molecule has 6 heteroatoms. The lowest BCUT2D eigenvalue weighted by Crippen LogP contribution is -2.20. The van der Waals surface area contributed by atoms with Crippen LogP contribution in [0.3, 0.4) is 0 Å². The summed E-state index contributed by atoms with van der Waals surface area (Å²) < 4.78 is 0. The van der Waals surface area contributed by atoms with Gasteiger partial charge in [0.2, 0.25) is 0 Å². The van der Waals surface area contributed by atoms with E-state index in [0.29, 0.717) is 10.8 Å². The molecular formula is C15H15N3O2S. The van der Waals surface area contributed by atoms with Crippen molar-refractivity contribution in [1.82, 2.24) is 0 Å². The Labute approximate surface area is 128 Å². The van der Waals surface area contributed by atoms with Crippen LogP contribution in [0.1, 0.15) is 11.1 Å². The van der Waals surface area contributed by atoms with Gasteiger partial charge in [-0.3, -0.25) is 10.1 Å². The smallest absolute Gasteiger partial charge is 0.292 e. The number of nitrogens with one attached hydrogen (secondary N) is 2. The lowest BCUT2D eigenvalue weighted by molar-refractivity contribution is -0.383. The first-order valence-electron chi connectivity index (χ1n) is 6.36. The molecule has 0 amide bonds. The third-order valence-corrected chi connectivity index (χ3v) is 3.20. The van der Waals surface area contributed by atoms with E-state index in [1.54, 1.807) is 19.1 Å². The van der Waals surface area contributed by atoms with Crippen molar-refractivity contribution in [1.29, 1.82) is 0 Å². The molecule has 2 aromatic rings. The fourth-order valence-electron chi connectivity index (χ4n) is 1.89. The van der Waals surface area contributed by atoms with Crippen LogP contribution in [0.4, 0.5) is 17.1 Å². The van der Waals surface area contributed by atoms with Gasteiger partial charge < -0.3 is 10.6 Å². The first-order chi connectivity index (χ1) is 9.97. The molecule has 0 bridgehead atoms. The number of nitrogens with zero attached hydrogens (tertiary/aromatic N) is 1. The van der Waals surface area contributed by atoms with E-state index < -0.39 is 4.92 Å². The van der Waals surface area contributed by atoms with Gasteiger partial charge >= 0.3 is 0 Å². The minimum absolute atomic E-state index is 0.00364. The zero-order chi connectivity index (χ0) is 15.4. The van der Waals surface area contributed by atoms with Crippen molar-refractivity contribution >= 4 is 34.4 Å². The second-order valence-electron chi connectivity index (χ2n) is 4.67. The van der Waals surface area contributed by atoms with Crippen LogP contribution in [0.2, 0.25) is 0 Å². The summed E-state index contributed by atoms with van der Waals surface area (Å²) in [4.78, 5) is 10.6. The summed E-state index contributed by atoms with van der Waals surface area (Å²) in [6, 6.07) is 12.6. The van der Waals surface area contributed by atoms with Crippen LogP contribution < -0.4 is 10.6 Å². The molecule has 0 aliphatic carbocycles. The predicted molar refractivity (Wildman–Crippen MR) is 88.9 cm³/mol. The average molecular weight is 301 g/mol. The molecule has 2 N–H and O–H groups in total. The van der Waals surface area contributed by atoms with Gasteiger partial charge in [-0.25, -0.2) is 0 Å². The topological polar surface area (TPSA) is 67.2 Å². The minimum Gasteiger partial charge on any atom is -0.332 e. The second-order valence-corrected chi connectivity index (χ2v) is 5.08. The van der Waals surface area contributed by atoms with E-state index in [9.17, 15) is 10.1 Å². The molecule has 0 saturated heterocycles. The Morgan fingerprint density at radius 2 is 1.76 bits per heavy atom. The van der Waals surface area contributed by atoms with Crippen molar-refractivity contribution in [2.45, 2.75) is 13.8 Å². The van der Waals surface area contributed by atoms with Crippen LogP contribution in [-0.4, -0.2) is 10.0 Å². The predicted octanol–water partition coefficient (Wildman–Crippen LogP) is 4.02. The number of hydrogen-bond donors (Lipinski definition) is 2. The Balaban J connectivity index is 2.17. The lowest BCUT2D eigenvalue weighted by Gasteiger charge is -2.12. The Kier molecular flexibility index (Phi) is 4.49. The minimum atomic E-state index is -0.425. The van der Waals surface area contributed by atoms with Gasteiger partial charge in [0.05, 0.1) is 4.92 Å². The number of anilines is 2. The van der Waals surface area contributed by atoms with Crippen LogP contribution in [0, 0.1) is 24.0 Å².